The molecule has 1 radical (unpaired) electrons. The first-order valence-electron chi connectivity index (χ1n) is 5.14. The lowest BCUT2D eigenvalue weighted by Gasteiger charge is -2.21. The van der Waals surface area contributed by atoms with Crippen molar-refractivity contribution in [1.82, 2.24) is 5.32 Å². The molecule has 0 spiro atoms. The van der Waals surface area contributed by atoms with E-state index in [1.165, 1.54) is 7.11 Å². The lowest BCUT2D eigenvalue weighted by molar-refractivity contribution is -0.140. The average Bonchev–Trinajstić information content (AvgIpc) is 2.10. The zero-order valence-electron chi connectivity index (χ0n) is 10.3. The lowest BCUT2D eigenvalue weighted by atomic mass is 10.2. The number of esters is 1. The smallest absolute Gasteiger partial charge is 0.407 e. The Balaban J connectivity index is 3.83. The Morgan fingerprint density at radius 2 is 1.94 bits per heavy atom. The van der Waals surface area contributed by atoms with Gasteiger partial charge in [-0.15, -0.1) is 0 Å². The molecule has 0 aromatic rings. The zero-order chi connectivity index (χ0) is 12.8. The standard InChI is InChI=1S/C11H20NO4/c1-8(6-7-9(13)15-5)12-10(14)16-11(2,3)4/h8H,1,6-7H2,2-5H3,(H,12,14)/t8-/m1/s1. The normalized spacial score (nSPS) is 12.8. The van der Waals surface area contributed by atoms with Gasteiger partial charge in [0.25, 0.3) is 0 Å². The highest BCUT2D eigenvalue weighted by atomic mass is 16.6. The number of hydrogen-bond acceptors (Lipinski definition) is 4. The summed E-state index contributed by atoms with van der Waals surface area (Å²) in [5, 5.41) is 2.54. The summed E-state index contributed by atoms with van der Waals surface area (Å²) >= 11 is 0. The third-order valence-corrected chi connectivity index (χ3v) is 1.65. The monoisotopic (exact) mass is 230 g/mol. The van der Waals surface area contributed by atoms with E-state index < -0.39 is 11.7 Å². The summed E-state index contributed by atoms with van der Waals surface area (Å²) in [6.07, 6.45) is 0.115. The molecule has 93 valence electrons. The molecule has 1 amide bonds. The Labute approximate surface area is 96.5 Å². The summed E-state index contributed by atoms with van der Waals surface area (Å²) in [6, 6.07) is -0.367. The Morgan fingerprint density at radius 1 is 1.38 bits per heavy atom. The van der Waals surface area contributed by atoms with Crippen LogP contribution in [0.3, 0.4) is 0 Å². The van der Waals surface area contributed by atoms with Gasteiger partial charge in [-0.05, 0) is 34.1 Å². The maximum absolute atomic E-state index is 11.3. The number of amides is 1. The second-order valence-corrected chi connectivity index (χ2v) is 4.46. The van der Waals surface area contributed by atoms with E-state index in [0.717, 1.165) is 0 Å². The molecule has 0 aromatic carbocycles. The van der Waals surface area contributed by atoms with Crippen LogP contribution in [0, 0.1) is 6.92 Å². The highest BCUT2D eigenvalue weighted by molar-refractivity contribution is 5.70. The van der Waals surface area contributed by atoms with Gasteiger partial charge in [0.1, 0.15) is 5.60 Å². The van der Waals surface area contributed by atoms with Gasteiger partial charge in [-0.3, -0.25) is 4.79 Å². The summed E-state index contributed by atoms with van der Waals surface area (Å²) in [6.45, 7) is 9.03. The molecule has 0 aliphatic rings. The molecule has 5 heteroatoms. The van der Waals surface area contributed by atoms with Gasteiger partial charge in [0.05, 0.1) is 7.11 Å². The first-order chi connectivity index (χ1) is 7.24. The van der Waals surface area contributed by atoms with E-state index in [0.29, 0.717) is 6.42 Å². The first kappa shape index (κ1) is 14.7. The van der Waals surface area contributed by atoms with Crippen LogP contribution in [0.5, 0.6) is 0 Å². The van der Waals surface area contributed by atoms with E-state index in [1.807, 2.05) is 0 Å². The number of methoxy groups -OCH3 is 1. The van der Waals surface area contributed by atoms with Gasteiger partial charge >= 0.3 is 12.1 Å². The van der Waals surface area contributed by atoms with E-state index in [4.69, 9.17) is 4.74 Å². The van der Waals surface area contributed by atoms with Gasteiger partial charge in [-0.25, -0.2) is 4.79 Å². The van der Waals surface area contributed by atoms with Gasteiger partial charge in [-0.2, -0.15) is 0 Å². The molecule has 1 atom stereocenters. The molecule has 5 nitrogen and oxygen atoms in total. The van der Waals surface area contributed by atoms with E-state index >= 15 is 0 Å². The Morgan fingerprint density at radius 3 is 2.38 bits per heavy atom. The predicted octanol–water partition coefficient (Wildman–Crippen LogP) is 1.67. The second-order valence-electron chi connectivity index (χ2n) is 4.46. The molecule has 1 N–H and O–H groups in total. The first-order valence-corrected chi connectivity index (χ1v) is 5.14. The predicted molar refractivity (Wildman–Crippen MR) is 59.8 cm³/mol. The molecular formula is C11H20NO4. The van der Waals surface area contributed by atoms with Crippen molar-refractivity contribution in [3.8, 4) is 0 Å². The van der Waals surface area contributed by atoms with Crippen molar-refractivity contribution in [2.75, 3.05) is 7.11 Å². The SMILES string of the molecule is [CH2][C@H](CCC(=O)OC)NC(=O)OC(C)(C)C. The minimum absolute atomic E-state index is 0.223. The minimum Gasteiger partial charge on any atom is -0.469 e. The second kappa shape index (κ2) is 6.35. The number of carbonyl (C=O) groups excluding carboxylic acids is 2. The largest absolute Gasteiger partial charge is 0.469 e. The Bertz CT molecular complexity index is 245. The van der Waals surface area contributed by atoms with Crippen LogP contribution in [0.1, 0.15) is 33.6 Å². The average molecular weight is 230 g/mol. The fraction of sp³-hybridized carbons (Fsp3) is 0.727. The van der Waals surface area contributed by atoms with Crippen LogP contribution in [0.25, 0.3) is 0 Å². The summed E-state index contributed by atoms with van der Waals surface area (Å²) in [4.78, 5) is 22.1. The fourth-order valence-electron chi connectivity index (χ4n) is 0.941. The summed E-state index contributed by atoms with van der Waals surface area (Å²) in [7, 11) is 1.32. The highest BCUT2D eigenvalue weighted by Crippen LogP contribution is 2.07. The summed E-state index contributed by atoms with van der Waals surface area (Å²) < 4.78 is 9.51. The van der Waals surface area contributed by atoms with Crippen molar-refractivity contribution in [3.63, 3.8) is 0 Å². The van der Waals surface area contributed by atoms with Gasteiger partial charge in [-0.1, -0.05) is 0 Å². The third-order valence-electron chi connectivity index (χ3n) is 1.65. The molecule has 0 aliphatic heterocycles. The Kier molecular flexibility index (Phi) is 5.85. The highest BCUT2D eigenvalue weighted by Gasteiger charge is 2.17. The van der Waals surface area contributed by atoms with Gasteiger partial charge in [0.15, 0.2) is 0 Å². The Hall–Kier alpha value is -1.26. The van der Waals surface area contributed by atoms with Crippen molar-refractivity contribution < 1.29 is 19.1 Å². The number of rotatable bonds is 4. The van der Waals surface area contributed by atoms with Crippen molar-refractivity contribution >= 4 is 12.1 Å². The number of hydrogen-bond donors (Lipinski definition) is 1. The molecule has 0 heterocycles. The van der Waals surface area contributed by atoms with Crippen LogP contribution in [0.4, 0.5) is 4.79 Å². The summed E-state index contributed by atoms with van der Waals surface area (Å²) in [5.74, 6) is -0.320. The third kappa shape index (κ3) is 8.08. The van der Waals surface area contributed by atoms with Crippen molar-refractivity contribution in [3.05, 3.63) is 6.92 Å². The quantitative estimate of drug-likeness (QED) is 0.746. The van der Waals surface area contributed by atoms with Crippen LogP contribution < -0.4 is 5.32 Å². The summed E-state index contributed by atoms with van der Waals surface area (Å²) in [5.41, 5.74) is -0.536. The molecule has 0 aliphatic carbocycles. The zero-order valence-corrected chi connectivity index (χ0v) is 10.3. The van der Waals surface area contributed by atoms with Gasteiger partial charge < -0.3 is 14.8 Å². The van der Waals surface area contributed by atoms with Crippen LogP contribution >= 0.6 is 0 Å². The molecule has 0 unspecified atom stereocenters. The number of nitrogens with one attached hydrogen (secondary N) is 1. The van der Waals surface area contributed by atoms with Crippen LogP contribution in [0.15, 0.2) is 0 Å². The maximum Gasteiger partial charge on any atom is 0.407 e. The van der Waals surface area contributed by atoms with Crippen LogP contribution in [-0.2, 0) is 14.3 Å². The molecule has 16 heavy (non-hydrogen) atoms. The van der Waals surface area contributed by atoms with E-state index in [2.05, 4.69) is 17.0 Å². The number of carbonyl (C=O) groups is 2. The molecule has 0 saturated carbocycles. The maximum atomic E-state index is 11.3. The van der Waals surface area contributed by atoms with Gasteiger partial charge in [0.2, 0.25) is 0 Å². The molecular weight excluding hydrogens is 210 g/mol. The molecule has 0 bridgehead atoms. The van der Waals surface area contributed by atoms with Crippen LogP contribution in [0.2, 0.25) is 0 Å². The molecule has 0 aromatic heterocycles. The number of alkyl carbamates (subject to hydrolysis) is 1. The molecule has 0 rings (SSSR count). The minimum atomic E-state index is -0.536. The van der Waals surface area contributed by atoms with Crippen molar-refractivity contribution in [2.45, 2.75) is 45.3 Å². The lowest BCUT2D eigenvalue weighted by Crippen LogP contribution is -2.38. The fourth-order valence-corrected chi connectivity index (χ4v) is 0.941. The number of ether oxygens (including phenoxy) is 2. The van der Waals surface area contributed by atoms with Crippen molar-refractivity contribution in [1.29, 1.82) is 0 Å². The van der Waals surface area contributed by atoms with Crippen molar-refractivity contribution in [2.24, 2.45) is 0 Å². The van der Waals surface area contributed by atoms with Crippen LogP contribution in [-0.4, -0.2) is 30.8 Å². The van der Waals surface area contributed by atoms with E-state index in [-0.39, 0.29) is 18.4 Å². The van der Waals surface area contributed by atoms with E-state index in [1.54, 1.807) is 20.8 Å². The molecule has 0 fully saturated rings. The van der Waals surface area contributed by atoms with E-state index in [9.17, 15) is 9.59 Å². The van der Waals surface area contributed by atoms with Gasteiger partial charge in [0, 0.05) is 12.5 Å². The topological polar surface area (TPSA) is 64.6 Å². The molecule has 0 saturated heterocycles.